The largest absolute Gasteiger partial charge is 0.508 e. The number of hydrogen-bond donors (Lipinski definition) is 3. The highest BCUT2D eigenvalue weighted by Crippen LogP contribution is 2.41. The van der Waals surface area contributed by atoms with Crippen molar-refractivity contribution in [3.05, 3.63) is 93.8 Å². The monoisotopic (exact) mass is 364 g/mol. The predicted octanol–water partition coefficient (Wildman–Crippen LogP) is 6.04. The summed E-state index contributed by atoms with van der Waals surface area (Å²) in [5, 5.41) is 30.5. The van der Waals surface area contributed by atoms with E-state index in [1.807, 2.05) is 65.0 Å². The second kappa shape index (κ2) is 8.17. The van der Waals surface area contributed by atoms with E-state index in [0.29, 0.717) is 5.57 Å². The van der Waals surface area contributed by atoms with E-state index in [-0.39, 0.29) is 23.2 Å². The molecule has 0 spiro atoms. The zero-order chi connectivity index (χ0) is 20.3. The molecule has 0 radical (unpaired) electrons. The Morgan fingerprint density at radius 1 is 0.852 bits per heavy atom. The minimum atomic E-state index is -0.280. The number of rotatable bonds is 5. The van der Waals surface area contributed by atoms with Gasteiger partial charge in [0.25, 0.3) is 0 Å². The van der Waals surface area contributed by atoms with Crippen LogP contribution in [0.2, 0.25) is 0 Å². The number of allylic oxidation sites excluding steroid dienone is 4. The minimum Gasteiger partial charge on any atom is -0.508 e. The maximum Gasteiger partial charge on any atom is 0.118 e. The lowest BCUT2D eigenvalue weighted by atomic mass is 9.79. The number of hydrogen-bond acceptors (Lipinski definition) is 3. The summed E-state index contributed by atoms with van der Waals surface area (Å²) in [5.74, 6) is 0.205. The zero-order valence-corrected chi connectivity index (χ0v) is 16.7. The number of phenolic OH excluding ortho intramolecular Hbond substituents is 2. The van der Waals surface area contributed by atoms with E-state index < -0.39 is 0 Å². The fourth-order valence-electron chi connectivity index (χ4n) is 3.33. The molecule has 0 aromatic heterocycles. The molecule has 2 aromatic carbocycles. The van der Waals surface area contributed by atoms with Gasteiger partial charge < -0.3 is 15.3 Å². The van der Waals surface area contributed by atoms with E-state index in [1.165, 1.54) is 0 Å². The molecule has 27 heavy (non-hydrogen) atoms. The summed E-state index contributed by atoms with van der Waals surface area (Å²) in [6, 6.07) is 7.38. The Morgan fingerprint density at radius 3 is 1.67 bits per heavy atom. The molecule has 0 bridgehead atoms. The van der Waals surface area contributed by atoms with Gasteiger partial charge in [-0.15, -0.1) is 0 Å². The number of phenols is 2. The van der Waals surface area contributed by atoms with E-state index in [0.717, 1.165) is 33.4 Å². The van der Waals surface area contributed by atoms with Gasteiger partial charge in [-0.25, -0.2) is 0 Å². The third-order valence-electron chi connectivity index (χ3n) is 4.90. The second-order valence-electron chi connectivity index (χ2n) is 7.02. The molecule has 0 aliphatic rings. The lowest BCUT2D eigenvalue weighted by molar-refractivity contribution is 0.420. The van der Waals surface area contributed by atoms with Crippen LogP contribution in [0.1, 0.15) is 46.2 Å². The SMILES string of the molecule is C=C(O)/C(=C\C=C/C)C(c1cc(C)c(O)cc1C)c1cc(C)c(O)cc1C. The van der Waals surface area contributed by atoms with Gasteiger partial charge in [0.15, 0.2) is 0 Å². The quantitative estimate of drug-likeness (QED) is 0.448. The Morgan fingerprint density at radius 2 is 1.30 bits per heavy atom. The highest BCUT2D eigenvalue weighted by atomic mass is 16.3. The van der Waals surface area contributed by atoms with Gasteiger partial charge in [0.2, 0.25) is 0 Å². The molecule has 0 amide bonds. The molecule has 3 N–H and O–H groups in total. The van der Waals surface area contributed by atoms with Gasteiger partial charge in [0.05, 0.1) is 0 Å². The molecule has 2 aromatic rings. The van der Waals surface area contributed by atoms with Crippen LogP contribution in [0, 0.1) is 27.7 Å². The molecule has 0 aliphatic carbocycles. The molecule has 0 saturated carbocycles. The number of aromatic hydroxyl groups is 2. The van der Waals surface area contributed by atoms with Crippen LogP contribution in [0.4, 0.5) is 0 Å². The van der Waals surface area contributed by atoms with Crippen LogP contribution >= 0.6 is 0 Å². The van der Waals surface area contributed by atoms with Crippen molar-refractivity contribution in [1.29, 1.82) is 0 Å². The molecular weight excluding hydrogens is 336 g/mol. The molecular formula is C24H28O3. The fourth-order valence-corrected chi connectivity index (χ4v) is 3.33. The zero-order valence-electron chi connectivity index (χ0n) is 16.7. The van der Waals surface area contributed by atoms with Crippen LogP contribution in [0.5, 0.6) is 11.5 Å². The summed E-state index contributed by atoms with van der Waals surface area (Å²) >= 11 is 0. The van der Waals surface area contributed by atoms with Crippen molar-refractivity contribution in [2.45, 2.75) is 40.5 Å². The maximum atomic E-state index is 10.4. The third-order valence-corrected chi connectivity index (χ3v) is 4.90. The number of aliphatic hydroxyl groups excluding tert-OH is 1. The Labute approximate surface area is 161 Å². The number of benzene rings is 2. The smallest absolute Gasteiger partial charge is 0.118 e. The fraction of sp³-hybridized carbons (Fsp3) is 0.250. The van der Waals surface area contributed by atoms with Crippen LogP contribution in [-0.4, -0.2) is 15.3 Å². The Kier molecular flexibility index (Phi) is 6.17. The van der Waals surface area contributed by atoms with E-state index in [2.05, 4.69) is 6.58 Å². The van der Waals surface area contributed by atoms with Crippen LogP contribution in [0.3, 0.4) is 0 Å². The molecule has 0 atom stereocenters. The van der Waals surface area contributed by atoms with Crippen molar-refractivity contribution in [3.63, 3.8) is 0 Å². The summed E-state index contributed by atoms with van der Waals surface area (Å²) in [6.07, 6.45) is 5.62. The lowest BCUT2D eigenvalue weighted by Crippen LogP contribution is -2.11. The summed E-state index contributed by atoms with van der Waals surface area (Å²) in [7, 11) is 0. The topological polar surface area (TPSA) is 60.7 Å². The van der Waals surface area contributed by atoms with E-state index >= 15 is 0 Å². The predicted molar refractivity (Wildman–Crippen MR) is 112 cm³/mol. The first-order valence-corrected chi connectivity index (χ1v) is 8.98. The van der Waals surface area contributed by atoms with Crippen molar-refractivity contribution < 1.29 is 15.3 Å². The number of aryl methyl sites for hydroxylation is 4. The van der Waals surface area contributed by atoms with Crippen LogP contribution in [0.15, 0.2) is 60.4 Å². The van der Waals surface area contributed by atoms with Gasteiger partial charge in [0, 0.05) is 11.5 Å². The summed E-state index contributed by atoms with van der Waals surface area (Å²) in [6.45, 7) is 13.3. The minimum absolute atomic E-state index is 0.00615. The van der Waals surface area contributed by atoms with E-state index in [4.69, 9.17) is 0 Å². The highest BCUT2D eigenvalue weighted by Gasteiger charge is 2.25. The highest BCUT2D eigenvalue weighted by molar-refractivity contribution is 5.56. The Bertz CT molecular complexity index is 876. The number of aliphatic hydroxyl groups is 1. The first-order chi connectivity index (χ1) is 12.7. The third kappa shape index (κ3) is 4.25. The second-order valence-corrected chi connectivity index (χ2v) is 7.02. The summed E-state index contributed by atoms with van der Waals surface area (Å²) in [5.41, 5.74) is 6.00. The molecule has 0 unspecified atom stereocenters. The molecule has 0 saturated heterocycles. The van der Waals surface area contributed by atoms with Gasteiger partial charge in [-0.2, -0.15) is 0 Å². The standard InChI is InChI=1S/C24H28O3/c1-7-8-9-19(18(6)25)24(20-10-16(4)22(26)12-14(20)2)21-11-17(5)23(27)13-15(21)3/h7-13,24-27H,6H2,1-5H3/b8-7-,19-9+. The molecule has 0 heterocycles. The lowest BCUT2D eigenvalue weighted by Gasteiger charge is -2.26. The van der Waals surface area contributed by atoms with Crippen molar-refractivity contribution in [2.75, 3.05) is 0 Å². The molecule has 2 rings (SSSR count). The normalized spacial score (nSPS) is 12.1. The van der Waals surface area contributed by atoms with Crippen LogP contribution in [0.25, 0.3) is 0 Å². The van der Waals surface area contributed by atoms with Crippen LogP contribution in [-0.2, 0) is 0 Å². The Balaban J connectivity index is 2.87. The van der Waals surface area contributed by atoms with Crippen molar-refractivity contribution >= 4 is 0 Å². The van der Waals surface area contributed by atoms with Crippen molar-refractivity contribution in [2.24, 2.45) is 0 Å². The summed E-state index contributed by atoms with van der Waals surface area (Å²) < 4.78 is 0. The molecule has 0 fully saturated rings. The van der Waals surface area contributed by atoms with Gasteiger partial charge in [0.1, 0.15) is 17.3 Å². The first kappa shape index (κ1) is 20.4. The van der Waals surface area contributed by atoms with Gasteiger partial charge in [-0.3, -0.25) is 0 Å². The van der Waals surface area contributed by atoms with E-state index in [1.54, 1.807) is 12.1 Å². The Hall–Kier alpha value is -2.94. The van der Waals surface area contributed by atoms with Gasteiger partial charge >= 0.3 is 0 Å². The molecule has 142 valence electrons. The van der Waals surface area contributed by atoms with Gasteiger partial charge in [-0.1, -0.05) is 36.9 Å². The average molecular weight is 364 g/mol. The maximum absolute atomic E-state index is 10.4. The molecule has 0 aliphatic heterocycles. The molecule has 3 nitrogen and oxygen atoms in total. The first-order valence-electron chi connectivity index (χ1n) is 8.98. The van der Waals surface area contributed by atoms with E-state index in [9.17, 15) is 15.3 Å². The van der Waals surface area contributed by atoms with Crippen molar-refractivity contribution in [1.82, 2.24) is 0 Å². The van der Waals surface area contributed by atoms with Gasteiger partial charge in [-0.05, 0) is 80.1 Å². The summed E-state index contributed by atoms with van der Waals surface area (Å²) in [4.78, 5) is 0. The van der Waals surface area contributed by atoms with Crippen molar-refractivity contribution in [3.8, 4) is 11.5 Å². The average Bonchev–Trinajstić information content (AvgIpc) is 2.59. The van der Waals surface area contributed by atoms with Crippen LogP contribution < -0.4 is 0 Å². The molecule has 3 heteroatoms.